The number of phenolic OH excluding ortho intramolecular Hbond substituents is 1. The Morgan fingerprint density at radius 1 is 0.460 bits per heavy atom. The van der Waals surface area contributed by atoms with Crippen LogP contribution in [0.1, 0.15) is 166 Å². The van der Waals surface area contributed by atoms with E-state index in [1.807, 2.05) is 30.3 Å². The molecule has 0 saturated heterocycles. The molecule has 344 valence electrons. The molecular formula is C50H70CaO10S2. The number of hydrogen-bond donors (Lipinski definition) is 2. The summed E-state index contributed by atoms with van der Waals surface area (Å²) in [7, 11) is -9.53. The van der Waals surface area contributed by atoms with Gasteiger partial charge in [-0.1, -0.05) is 203 Å². The Balaban J connectivity index is 0.000000427. The van der Waals surface area contributed by atoms with Gasteiger partial charge in [0.15, 0.2) is 10.6 Å². The molecule has 0 aliphatic carbocycles. The van der Waals surface area contributed by atoms with Crippen molar-refractivity contribution < 1.29 is 45.6 Å². The van der Waals surface area contributed by atoms with Gasteiger partial charge in [-0.05, 0) is 67.1 Å². The molecule has 63 heavy (non-hydrogen) atoms. The number of unbranched alkanes of at least 4 members (excludes halogenated alkanes) is 20. The monoisotopic (exact) mass is 934 g/mol. The smallest absolute Gasteiger partial charge is 0.872 e. The van der Waals surface area contributed by atoms with Crippen LogP contribution < -0.4 is 14.6 Å². The van der Waals surface area contributed by atoms with Gasteiger partial charge >= 0.3 is 47.9 Å². The summed E-state index contributed by atoms with van der Waals surface area (Å²) in [6.45, 7) is 4.48. The van der Waals surface area contributed by atoms with Crippen LogP contribution in [0.25, 0.3) is 0 Å². The van der Waals surface area contributed by atoms with Gasteiger partial charge in [0, 0.05) is 0 Å². The maximum Gasteiger partial charge on any atom is 2.00 e. The minimum Gasteiger partial charge on any atom is -0.872 e. The molecule has 0 aromatic heterocycles. The Bertz CT molecular complexity index is 1940. The largest absolute Gasteiger partial charge is 2.00 e. The minimum atomic E-state index is -4.92. The molecular weight excluding hydrogens is 865 g/mol. The van der Waals surface area contributed by atoms with Crippen molar-refractivity contribution in [2.75, 3.05) is 0 Å². The molecule has 0 spiro atoms. The van der Waals surface area contributed by atoms with E-state index in [1.54, 1.807) is 18.2 Å². The maximum atomic E-state index is 11.9. The van der Waals surface area contributed by atoms with Gasteiger partial charge < -0.3 is 24.2 Å². The maximum absolute atomic E-state index is 11.9. The van der Waals surface area contributed by atoms with Crippen molar-refractivity contribution in [2.45, 2.75) is 178 Å². The van der Waals surface area contributed by atoms with Crippen LogP contribution in [0.5, 0.6) is 34.5 Å². The van der Waals surface area contributed by atoms with Crippen LogP contribution in [0.15, 0.2) is 94.7 Å². The second-order valence-corrected chi connectivity index (χ2v) is 18.8. The molecule has 0 saturated carbocycles. The zero-order chi connectivity index (χ0) is 45.1. The van der Waals surface area contributed by atoms with Crippen molar-refractivity contribution in [2.24, 2.45) is 0 Å². The quantitative estimate of drug-likeness (QED) is 0.0291. The zero-order valence-corrected chi connectivity index (χ0v) is 41.6. The molecule has 0 aliphatic rings. The normalized spacial score (nSPS) is 11.4. The third-order valence-electron chi connectivity index (χ3n) is 10.9. The van der Waals surface area contributed by atoms with E-state index in [-0.39, 0.29) is 49.2 Å². The first-order chi connectivity index (χ1) is 29.9. The molecule has 4 rings (SSSR count). The van der Waals surface area contributed by atoms with Crippen LogP contribution in [0.3, 0.4) is 0 Å². The second kappa shape index (κ2) is 31.9. The van der Waals surface area contributed by atoms with E-state index in [2.05, 4.69) is 13.8 Å². The average molecular weight is 935 g/mol. The fourth-order valence-electron chi connectivity index (χ4n) is 7.48. The summed E-state index contributed by atoms with van der Waals surface area (Å²) in [6.07, 6.45) is 29.6. The van der Waals surface area contributed by atoms with Crippen LogP contribution in [0.2, 0.25) is 0 Å². The third-order valence-corrected chi connectivity index (χ3v) is 12.7. The van der Waals surface area contributed by atoms with Crippen molar-refractivity contribution >= 4 is 58.0 Å². The van der Waals surface area contributed by atoms with Crippen LogP contribution in [-0.4, -0.2) is 68.8 Å². The number of benzene rings is 4. The summed E-state index contributed by atoms with van der Waals surface area (Å²) >= 11 is 0. The fraction of sp³-hybridized carbons (Fsp3) is 0.520. The van der Waals surface area contributed by atoms with Crippen molar-refractivity contribution in [3.05, 3.63) is 96.1 Å². The van der Waals surface area contributed by atoms with E-state index in [0.717, 1.165) is 55.7 Å². The molecule has 4 aromatic rings. The molecule has 0 unspecified atom stereocenters. The first-order valence-corrected chi connectivity index (χ1v) is 25.8. The van der Waals surface area contributed by atoms with E-state index in [4.69, 9.17) is 9.47 Å². The molecule has 10 nitrogen and oxygen atoms in total. The SMILES string of the molecule is CCCCCCCCCCCCCc1ccccc1Oc1cccc(O)c1S(=O)(=O)O.CCCCCCCCCCCCCc1ccccc1Oc1cccc([O-])c1S(=O)(=O)[O-].[Ca+2]. The molecule has 4 aromatic carbocycles. The summed E-state index contributed by atoms with van der Waals surface area (Å²) in [5.74, 6) is -0.684. The van der Waals surface area contributed by atoms with Crippen molar-refractivity contribution in [1.29, 1.82) is 0 Å². The standard InChI is InChI=1S/2C25H36O5S.Ca/c2*1-2-3-4-5-6-7-8-9-10-11-12-16-21-17-13-14-19-23(21)30-24-20-15-18-22(26)25(24)31(27,28)29;/h2*13-15,17-20,26H,2-12,16H2,1H3,(H,27,28,29);/q;;+2/p-2. The van der Waals surface area contributed by atoms with Gasteiger partial charge in [0.05, 0.1) is 4.90 Å². The van der Waals surface area contributed by atoms with Gasteiger partial charge in [0.2, 0.25) is 0 Å². The molecule has 0 heterocycles. The molecule has 0 aliphatic heterocycles. The van der Waals surface area contributed by atoms with Gasteiger partial charge in [-0.25, -0.2) is 8.42 Å². The molecule has 0 bridgehead atoms. The van der Waals surface area contributed by atoms with Gasteiger partial charge in [-0.15, -0.1) is 0 Å². The van der Waals surface area contributed by atoms with E-state index in [1.165, 1.54) is 146 Å². The molecule has 13 heteroatoms. The Morgan fingerprint density at radius 2 is 0.794 bits per heavy atom. The average Bonchev–Trinajstić information content (AvgIpc) is 3.22. The van der Waals surface area contributed by atoms with Crippen molar-refractivity contribution in [3.8, 4) is 34.5 Å². The minimum absolute atomic E-state index is 0. The molecule has 0 amide bonds. The number of aryl methyl sites for hydroxylation is 2. The van der Waals surface area contributed by atoms with Crippen LogP contribution in [0.4, 0.5) is 0 Å². The number of phenols is 1. The summed E-state index contributed by atoms with van der Waals surface area (Å²) in [4.78, 5) is -1.45. The van der Waals surface area contributed by atoms with Gasteiger partial charge in [-0.3, -0.25) is 4.55 Å². The first-order valence-electron chi connectivity index (χ1n) is 22.9. The summed E-state index contributed by atoms with van der Waals surface area (Å²) in [5.41, 5.74) is 1.91. The molecule has 0 radical (unpaired) electrons. The fourth-order valence-corrected chi connectivity index (χ4v) is 8.85. The van der Waals surface area contributed by atoms with Crippen molar-refractivity contribution in [3.63, 3.8) is 0 Å². The van der Waals surface area contributed by atoms with E-state index >= 15 is 0 Å². The number of rotatable bonds is 30. The van der Waals surface area contributed by atoms with E-state index in [0.29, 0.717) is 11.5 Å². The summed E-state index contributed by atoms with van der Waals surface area (Å²) in [5, 5.41) is 21.8. The number of aromatic hydroxyl groups is 1. The second-order valence-electron chi connectivity index (χ2n) is 16.1. The Hall–Kier alpha value is -2.84. The van der Waals surface area contributed by atoms with Crippen molar-refractivity contribution in [1.82, 2.24) is 0 Å². The Morgan fingerprint density at radius 3 is 1.17 bits per heavy atom. The predicted molar refractivity (Wildman–Crippen MR) is 251 cm³/mol. The van der Waals surface area contributed by atoms with Gasteiger partial charge in [0.25, 0.3) is 0 Å². The zero-order valence-electron chi connectivity index (χ0n) is 37.7. The number of hydrogen-bond acceptors (Lipinski definition) is 9. The summed E-state index contributed by atoms with van der Waals surface area (Å²) in [6, 6.07) is 22.7. The van der Waals surface area contributed by atoms with Crippen LogP contribution >= 0.6 is 0 Å². The molecule has 2 N–H and O–H groups in total. The third kappa shape index (κ3) is 22.3. The van der Waals surface area contributed by atoms with Crippen LogP contribution in [0, 0.1) is 0 Å². The predicted octanol–water partition coefficient (Wildman–Crippen LogP) is 13.2. The topological polar surface area (TPSA) is 173 Å². The van der Waals surface area contributed by atoms with E-state index < -0.39 is 41.5 Å². The summed E-state index contributed by atoms with van der Waals surface area (Å²) < 4.78 is 78.8. The first kappa shape index (κ1) is 56.3. The van der Waals surface area contributed by atoms with Gasteiger partial charge in [-0.2, -0.15) is 8.42 Å². The number of para-hydroxylation sites is 2. The Kier molecular flexibility index (Phi) is 28.5. The molecule has 0 fully saturated rings. The van der Waals surface area contributed by atoms with E-state index in [9.17, 15) is 36.2 Å². The molecule has 0 atom stereocenters. The van der Waals surface area contributed by atoms with Gasteiger partial charge in [0.1, 0.15) is 33.1 Å². The van der Waals surface area contributed by atoms with Crippen LogP contribution in [-0.2, 0) is 33.1 Å². The Labute approximate surface area is 408 Å². The number of ether oxygens (including phenoxy) is 2.